The molecule has 5 N–H and O–H groups in total. The van der Waals surface area contributed by atoms with Gasteiger partial charge in [-0.05, 0) is 113 Å². The average Bonchev–Trinajstić information content (AvgIpc) is 3.73. The quantitative estimate of drug-likeness (QED) is 0.0341. The number of aromatic nitrogens is 1. The molecule has 2 amide bonds. The number of benzene rings is 3. The van der Waals surface area contributed by atoms with Gasteiger partial charge in [0.2, 0.25) is 11.8 Å². The van der Waals surface area contributed by atoms with E-state index >= 15 is 0 Å². The number of hydrogen-bond acceptors (Lipinski definition) is 10. The van der Waals surface area contributed by atoms with Gasteiger partial charge in [0.25, 0.3) is 0 Å². The van der Waals surface area contributed by atoms with Gasteiger partial charge in [-0.3, -0.25) is 35.2 Å². The molecule has 0 radical (unpaired) electrons. The van der Waals surface area contributed by atoms with Crippen molar-refractivity contribution in [3.8, 4) is 11.8 Å². The molecule has 0 unspecified atom stereocenters. The van der Waals surface area contributed by atoms with Crippen LogP contribution in [0.15, 0.2) is 77.8 Å². The highest BCUT2D eigenvalue weighted by Gasteiger charge is 2.38. The monoisotopic (exact) mass is 1010 g/mol. The molecule has 2 saturated heterocycles. The van der Waals surface area contributed by atoms with Gasteiger partial charge < -0.3 is 30.0 Å². The van der Waals surface area contributed by atoms with Crippen molar-refractivity contribution in [1.29, 1.82) is 10.8 Å². The van der Waals surface area contributed by atoms with Crippen molar-refractivity contribution in [2.24, 2.45) is 10.9 Å². The predicted octanol–water partition coefficient (Wildman–Crippen LogP) is 8.79. The molecule has 368 valence electrons. The third kappa shape index (κ3) is 11.6. The van der Waals surface area contributed by atoms with Crippen molar-refractivity contribution in [3.05, 3.63) is 105 Å². The van der Waals surface area contributed by atoms with Crippen LogP contribution in [0, 0.1) is 42.4 Å². The Kier molecular flexibility index (Phi) is 15.0. The number of aliphatic imine (C=N–C) groups is 1. The lowest BCUT2D eigenvalue weighted by Gasteiger charge is -2.40. The number of alkyl halides is 3. The number of halogens is 4. The van der Waals surface area contributed by atoms with Crippen molar-refractivity contribution in [3.63, 3.8) is 0 Å². The molecule has 13 nitrogen and oxygen atoms in total. The Morgan fingerprint density at radius 1 is 1.01 bits per heavy atom. The number of nitrogens with one attached hydrogen (secondary N) is 5. The number of rotatable bonds is 13. The summed E-state index contributed by atoms with van der Waals surface area (Å²) in [5.74, 6) is 5.99. The molecule has 1 atom stereocenters. The normalized spacial score (nSPS) is 17.0. The topological polar surface area (TPSA) is 162 Å². The van der Waals surface area contributed by atoms with Crippen molar-refractivity contribution >= 4 is 91.9 Å². The number of fused-ring (bicyclic) bond motifs is 2. The van der Waals surface area contributed by atoms with Gasteiger partial charge >= 0.3 is 6.18 Å². The third-order valence-electron chi connectivity index (χ3n) is 13.1. The molecule has 3 aromatic carbocycles. The lowest BCUT2D eigenvalue weighted by Crippen LogP contribution is -2.55. The number of hydrogen-bond donors (Lipinski definition) is 5. The highest BCUT2D eigenvalue weighted by atomic mass is 35.5. The average molecular weight is 1010 g/mol. The Balaban J connectivity index is 0.817. The Labute approximate surface area is 415 Å². The summed E-state index contributed by atoms with van der Waals surface area (Å²) in [5, 5.41) is 30.3. The first kappa shape index (κ1) is 50.5. The van der Waals surface area contributed by atoms with E-state index in [4.69, 9.17) is 22.0 Å². The smallest absolute Gasteiger partial charge is 0.382 e. The van der Waals surface area contributed by atoms with E-state index in [1.165, 1.54) is 15.9 Å². The predicted molar refractivity (Wildman–Crippen MR) is 278 cm³/mol. The molecule has 2 aromatic heterocycles. The minimum Gasteiger partial charge on any atom is -0.382 e. The Morgan fingerprint density at radius 3 is 2.37 bits per heavy atom. The molecule has 5 aromatic rings. The van der Waals surface area contributed by atoms with Crippen molar-refractivity contribution in [1.82, 2.24) is 19.7 Å². The molecule has 3 aliphatic rings. The number of thiophene rings is 1. The summed E-state index contributed by atoms with van der Waals surface area (Å²) in [4.78, 5) is 38.3. The second-order valence-electron chi connectivity index (χ2n) is 18.7. The molecule has 70 heavy (non-hydrogen) atoms. The molecule has 5 heterocycles. The maximum atomic E-state index is 13.8. The van der Waals surface area contributed by atoms with Gasteiger partial charge in [0.05, 0.1) is 36.4 Å². The number of nitrogens with zero attached hydrogens (tertiary/aromatic N) is 5. The minimum atomic E-state index is -4.46. The zero-order valence-corrected chi connectivity index (χ0v) is 42.2. The Hall–Kier alpha value is -5.92. The highest BCUT2D eigenvalue weighted by Crippen LogP contribution is 2.41. The molecule has 0 saturated carbocycles. The summed E-state index contributed by atoms with van der Waals surface area (Å²) in [6, 6.07) is 20.8. The highest BCUT2D eigenvalue weighted by molar-refractivity contribution is 7.70. The molecule has 19 heteroatoms. The number of aryl methyl sites for hydroxylation is 1. The number of piperidine rings is 1. The van der Waals surface area contributed by atoms with Gasteiger partial charge in [-0.15, -0.1) is 11.3 Å². The second-order valence-corrected chi connectivity index (χ2v) is 23.5. The van der Waals surface area contributed by atoms with Crippen LogP contribution < -0.4 is 26.2 Å². The molecule has 3 aliphatic heterocycles. The van der Waals surface area contributed by atoms with E-state index in [0.717, 1.165) is 56.1 Å². The summed E-state index contributed by atoms with van der Waals surface area (Å²) in [6.45, 7) is 11.0. The minimum absolute atomic E-state index is 0.0349. The van der Waals surface area contributed by atoms with Gasteiger partial charge in [0.15, 0.2) is 0 Å². The molecule has 8 rings (SSSR count). The van der Waals surface area contributed by atoms with Gasteiger partial charge in [-0.25, -0.2) is 0 Å². The number of amides is 2. The fraction of sp³-hybridized carbons (Fsp3) is 0.392. The van der Waals surface area contributed by atoms with E-state index in [2.05, 4.69) is 32.7 Å². The van der Waals surface area contributed by atoms with Crippen LogP contribution in [0.25, 0.3) is 10.9 Å². The summed E-state index contributed by atoms with van der Waals surface area (Å²) >= 11 is 7.73. The van der Waals surface area contributed by atoms with Gasteiger partial charge in [0.1, 0.15) is 36.4 Å². The van der Waals surface area contributed by atoms with Gasteiger partial charge in [-0.2, -0.15) is 13.2 Å². The molecular weight excluding hydrogens is 956 g/mol. The number of likely N-dealkylation sites (tertiary alicyclic amines) is 2. The van der Waals surface area contributed by atoms with E-state index < -0.39 is 25.9 Å². The van der Waals surface area contributed by atoms with E-state index in [1.807, 2.05) is 44.2 Å². The largest absolute Gasteiger partial charge is 0.406 e. The van der Waals surface area contributed by atoms with Gasteiger partial charge in [0, 0.05) is 87.8 Å². The zero-order chi connectivity index (χ0) is 50.1. The fourth-order valence-corrected chi connectivity index (χ4v) is 11.4. The number of anilines is 3. The van der Waals surface area contributed by atoms with E-state index in [1.54, 1.807) is 72.5 Å². The lowest BCUT2D eigenvalue weighted by atomic mass is 9.98. The van der Waals surface area contributed by atoms with Crippen LogP contribution in [0.4, 0.5) is 29.5 Å². The van der Waals surface area contributed by atoms with Crippen molar-refractivity contribution in [2.45, 2.75) is 64.8 Å². The molecule has 0 spiro atoms. The van der Waals surface area contributed by atoms with Gasteiger partial charge in [-0.1, -0.05) is 35.7 Å². The summed E-state index contributed by atoms with van der Waals surface area (Å²) in [7, 11) is -2.39. The maximum absolute atomic E-state index is 13.8. The van der Waals surface area contributed by atoms with Crippen LogP contribution in [0.2, 0.25) is 5.02 Å². The zero-order valence-electron chi connectivity index (χ0n) is 39.8. The van der Waals surface area contributed by atoms with Crippen molar-refractivity contribution < 1.29 is 27.3 Å². The summed E-state index contributed by atoms with van der Waals surface area (Å²) in [6.07, 6.45) is -3.03. The first-order valence-corrected chi connectivity index (χ1v) is 27.0. The van der Waals surface area contributed by atoms with Crippen LogP contribution in [0.5, 0.6) is 0 Å². The van der Waals surface area contributed by atoms with E-state index in [-0.39, 0.29) is 60.6 Å². The summed E-state index contributed by atoms with van der Waals surface area (Å²) in [5.41, 5.74) is 5.50. The second kappa shape index (κ2) is 20.8. The maximum Gasteiger partial charge on any atom is 0.406 e. The first-order chi connectivity index (χ1) is 33.2. The molecule has 0 bridgehead atoms. The standard InChI is InChI=1S/C51H57ClF3N10O3PS/c1-31-32(2)70-50-47(31)48(35-11-13-36(52)14-12-35)61-43(49(57)65(50)33(3)56)25-46(67)63-27-34(28-63)26-59-45(66)29-62-22-19-38(20-23-62)60-42-9-6-10-44-41(42)24-39(64(44)30-51(53,54)55)8-7-21-58-37-15-17-40(18-16-37)69(4,5)68/h6,9-18,24,34,38,43,56-58,60H,19-23,25-30H2,1-5H3,(H,59,66)/t43-/m0/s1. The lowest BCUT2D eigenvalue weighted by molar-refractivity contribution is -0.140. The number of carbonyl (C=O) groups is 2. The van der Waals surface area contributed by atoms with Crippen molar-refractivity contribution in [2.75, 3.05) is 74.7 Å². The first-order valence-electron chi connectivity index (χ1n) is 23.2. The Bertz CT molecular complexity index is 2960. The van der Waals surface area contributed by atoms with E-state index in [9.17, 15) is 32.7 Å². The van der Waals surface area contributed by atoms with E-state index in [0.29, 0.717) is 54.4 Å². The molecular formula is C51H57ClF3N10O3PS. The fourth-order valence-electron chi connectivity index (χ4n) is 9.14. The SMILES string of the molecule is CC(=N)N1C(=N)[C@H](CC(=O)N2CC(CNC(=O)CN3CCC(Nc4cccc5c4cc(C#CCNc4ccc(P(C)(C)=O)cc4)n5CC(F)(F)F)CC3)C2)N=C(c2ccc(Cl)cc2)c2c1sc(C)c2C. The summed E-state index contributed by atoms with van der Waals surface area (Å²) < 4.78 is 55.1. The number of carbonyl (C=O) groups excluding carboxylic acids is 2. The van der Waals surface area contributed by atoms with Crippen LogP contribution in [-0.2, 0) is 20.7 Å². The number of amidine groups is 2. The molecule has 2 fully saturated rings. The van der Waals surface area contributed by atoms with Crippen LogP contribution in [0.1, 0.15) is 53.4 Å². The van der Waals surface area contributed by atoms with Crippen LogP contribution >= 0.6 is 30.1 Å². The Morgan fingerprint density at radius 2 is 1.71 bits per heavy atom. The molecule has 0 aliphatic carbocycles. The van der Waals surface area contributed by atoms with Crippen LogP contribution in [0.3, 0.4) is 0 Å². The third-order valence-corrected chi connectivity index (χ3v) is 16.0. The van der Waals surface area contributed by atoms with Crippen LogP contribution in [-0.4, -0.2) is 121 Å².